The van der Waals surface area contributed by atoms with Gasteiger partial charge in [-0.05, 0) is 25.5 Å². The Kier molecular flexibility index (Phi) is 4.34. The third-order valence-electron chi connectivity index (χ3n) is 3.02. The monoisotopic (exact) mass is 289 g/mol. The number of rotatable bonds is 5. The molecule has 0 fully saturated rings. The lowest BCUT2D eigenvalue weighted by Gasteiger charge is -2.08. The molecule has 0 aliphatic carbocycles. The van der Waals surface area contributed by atoms with E-state index in [0.717, 1.165) is 29.2 Å². The highest BCUT2D eigenvalue weighted by atomic mass is 32.1. The molecule has 0 aliphatic rings. The van der Waals surface area contributed by atoms with E-state index in [9.17, 15) is 0 Å². The zero-order valence-electron chi connectivity index (χ0n) is 12.0. The van der Waals surface area contributed by atoms with Crippen molar-refractivity contribution < 1.29 is 0 Å². The Balaban J connectivity index is 2.16. The van der Waals surface area contributed by atoms with E-state index in [4.69, 9.17) is 18.0 Å². The molecule has 2 rings (SSSR count). The molecule has 2 aromatic heterocycles. The number of thiocarbonyl (C=S) groups is 1. The molecule has 0 bridgehead atoms. The van der Waals surface area contributed by atoms with Crippen molar-refractivity contribution in [2.75, 3.05) is 5.32 Å². The van der Waals surface area contributed by atoms with Gasteiger partial charge in [0.05, 0.1) is 5.69 Å². The van der Waals surface area contributed by atoms with Crippen molar-refractivity contribution in [3.8, 4) is 0 Å². The van der Waals surface area contributed by atoms with Crippen LogP contribution in [0.4, 0.5) is 5.82 Å². The molecule has 2 aromatic rings. The van der Waals surface area contributed by atoms with Crippen LogP contribution >= 0.6 is 12.2 Å². The van der Waals surface area contributed by atoms with Gasteiger partial charge in [-0.3, -0.25) is 4.68 Å². The molecule has 0 saturated heterocycles. The lowest BCUT2D eigenvalue weighted by atomic mass is 10.2. The minimum absolute atomic E-state index is 0.383. The normalized spacial score (nSPS) is 10.6. The van der Waals surface area contributed by atoms with Crippen LogP contribution < -0.4 is 11.1 Å². The zero-order valence-corrected chi connectivity index (χ0v) is 12.8. The van der Waals surface area contributed by atoms with Gasteiger partial charge in [-0.15, -0.1) is 0 Å². The molecule has 0 spiro atoms. The van der Waals surface area contributed by atoms with Crippen LogP contribution in [0.25, 0.3) is 0 Å². The van der Waals surface area contributed by atoms with Crippen molar-refractivity contribution >= 4 is 23.0 Å². The summed E-state index contributed by atoms with van der Waals surface area (Å²) in [6.45, 7) is 4.71. The van der Waals surface area contributed by atoms with E-state index >= 15 is 0 Å². The lowest BCUT2D eigenvalue weighted by Crippen LogP contribution is -2.11. The van der Waals surface area contributed by atoms with E-state index in [1.54, 1.807) is 0 Å². The van der Waals surface area contributed by atoms with Gasteiger partial charge in [0.15, 0.2) is 0 Å². The number of aromatic nitrogens is 3. The number of anilines is 1. The van der Waals surface area contributed by atoms with Crippen LogP contribution in [0.15, 0.2) is 18.3 Å². The largest absolute Gasteiger partial charge is 0.389 e. The summed E-state index contributed by atoms with van der Waals surface area (Å²) in [5, 5.41) is 7.73. The zero-order chi connectivity index (χ0) is 14.7. The number of nitrogens with one attached hydrogen (secondary N) is 1. The number of hydrogen-bond donors (Lipinski definition) is 2. The molecule has 0 aliphatic heterocycles. The van der Waals surface area contributed by atoms with E-state index in [-0.39, 0.29) is 0 Å². The maximum atomic E-state index is 5.67. The summed E-state index contributed by atoms with van der Waals surface area (Å²) in [4.78, 5) is 4.82. The second-order valence-electron chi connectivity index (χ2n) is 4.73. The van der Waals surface area contributed by atoms with Crippen LogP contribution in [0.5, 0.6) is 0 Å². The molecule has 0 amide bonds. The average molecular weight is 289 g/mol. The minimum atomic E-state index is 0.383. The number of hydrogen-bond acceptors (Lipinski definition) is 4. The van der Waals surface area contributed by atoms with E-state index in [1.807, 2.05) is 37.0 Å². The summed E-state index contributed by atoms with van der Waals surface area (Å²) in [6, 6.07) is 3.76. The maximum absolute atomic E-state index is 5.67. The molecule has 0 unspecified atom stereocenters. The predicted molar refractivity (Wildman–Crippen MR) is 84.8 cm³/mol. The Morgan fingerprint density at radius 1 is 1.45 bits per heavy atom. The van der Waals surface area contributed by atoms with Crippen molar-refractivity contribution in [1.29, 1.82) is 0 Å². The van der Waals surface area contributed by atoms with Crippen LogP contribution in [0.3, 0.4) is 0 Å². The van der Waals surface area contributed by atoms with Crippen molar-refractivity contribution in [3.05, 3.63) is 40.8 Å². The fourth-order valence-electron chi connectivity index (χ4n) is 2.12. The fraction of sp³-hybridized carbons (Fsp3) is 0.357. The molecule has 20 heavy (non-hydrogen) atoms. The van der Waals surface area contributed by atoms with Gasteiger partial charge < -0.3 is 11.1 Å². The van der Waals surface area contributed by atoms with Crippen molar-refractivity contribution in [2.24, 2.45) is 12.8 Å². The van der Waals surface area contributed by atoms with E-state index in [0.29, 0.717) is 11.5 Å². The first-order valence-corrected chi connectivity index (χ1v) is 6.94. The molecule has 2 heterocycles. The summed E-state index contributed by atoms with van der Waals surface area (Å²) in [5.74, 6) is 0.777. The molecule has 3 N–H and O–H groups in total. The third-order valence-corrected chi connectivity index (χ3v) is 3.26. The Hall–Kier alpha value is -1.95. The van der Waals surface area contributed by atoms with Crippen molar-refractivity contribution in [3.63, 3.8) is 0 Å². The Labute approximate surface area is 124 Å². The fourth-order valence-corrected chi connectivity index (χ4v) is 2.23. The lowest BCUT2D eigenvalue weighted by molar-refractivity contribution is 0.746. The second-order valence-corrected chi connectivity index (χ2v) is 5.17. The number of nitrogens with zero attached hydrogens (tertiary/aromatic N) is 3. The highest BCUT2D eigenvalue weighted by Crippen LogP contribution is 2.13. The standard InChI is InChI=1S/C14H19N5S/c1-4-12-11(8-19(3)18-12)7-16-13-6-10(14(15)20)5-9(2)17-13/h5-6,8H,4,7H2,1-3H3,(H2,15,20)(H,16,17). The quantitative estimate of drug-likeness (QED) is 0.823. The number of nitrogens with two attached hydrogens (primary N) is 1. The molecular formula is C14H19N5S. The molecule has 0 atom stereocenters. The van der Waals surface area contributed by atoms with E-state index in [1.165, 1.54) is 5.56 Å². The summed E-state index contributed by atoms with van der Waals surface area (Å²) in [7, 11) is 1.93. The molecule has 0 radical (unpaired) electrons. The van der Waals surface area contributed by atoms with Gasteiger partial charge in [-0.2, -0.15) is 5.10 Å². The Bertz CT molecular complexity index is 632. The molecule has 5 nitrogen and oxygen atoms in total. The predicted octanol–water partition coefficient (Wildman–Crippen LogP) is 1.93. The summed E-state index contributed by atoms with van der Waals surface area (Å²) in [5.41, 5.74) is 9.66. The molecule has 0 aromatic carbocycles. The van der Waals surface area contributed by atoms with Crippen LogP contribution in [0.2, 0.25) is 0 Å². The van der Waals surface area contributed by atoms with Gasteiger partial charge in [0.25, 0.3) is 0 Å². The summed E-state index contributed by atoms with van der Waals surface area (Å²) in [6.07, 6.45) is 2.94. The van der Waals surface area contributed by atoms with Gasteiger partial charge in [-0.25, -0.2) is 4.98 Å². The minimum Gasteiger partial charge on any atom is -0.389 e. The third kappa shape index (κ3) is 3.33. The number of pyridine rings is 1. The molecular weight excluding hydrogens is 270 g/mol. The first-order chi connectivity index (χ1) is 9.49. The second kappa shape index (κ2) is 6.00. The van der Waals surface area contributed by atoms with Gasteiger partial charge in [0.2, 0.25) is 0 Å². The first kappa shape index (κ1) is 14.5. The van der Waals surface area contributed by atoms with Crippen LogP contribution in [0, 0.1) is 6.92 Å². The van der Waals surface area contributed by atoms with Crippen LogP contribution in [-0.2, 0) is 20.0 Å². The van der Waals surface area contributed by atoms with Crippen molar-refractivity contribution in [2.45, 2.75) is 26.8 Å². The first-order valence-electron chi connectivity index (χ1n) is 6.53. The molecule has 6 heteroatoms. The van der Waals surface area contributed by atoms with E-state index < -0.39 is 0 Å². The van der Waals surface area contributed by atoms with Gasteiger partial charge in [-0.1, -0.05) is 19.1 Å². The average Bonchev–Trinajstić information content (AvgIpc) is 2.76. The molecule has 106 valence electrons. The van der Waals surface area contributed by atoms with Crippen LogP contribution in [-0.4, -0.2) is 19.8 Å². The number of aryl methyl sites for hydroxylation is 3. The van der Waals surface area contributed by atoms with Gasteiger partial charge >= 0.3 is 0 Å². The van der Waals surface area contributed by atoms with Crippen LogP contribution in [0.1, 0.15) is 29.4 Å². The highest BCUT2D eigenvalue weighted by Gasteiger charge is 2.07. The topological polar surface area (TPSA) is 68.8 Å². The van der Waals surface area contributed by atoms with Gasteiger partial charge in [0.1, 0.15) is 10.8 Å². The van der Waals surface area contributed by atoms with Gasteiger partial charge in [0, 0.05) is 36.6 Å². The molecule has 0 saturated carbocycles. The van der Waals surface area contributed by atoms with Crippen molar-refractivity contribution in [1.82, 2.24) is 14.8 Å². The summed E-state index contributed by atoms with van der Waals surface area (Å²) < 4.78 is 1.83. The smallest absolute Gasteiger partial charge is 0.127 e. The van der Waals surface area contributed by atoms with E-state index in [2.05, 4.69) is 22.3 Å². The SMILES string of the molecule is CCc1nn(C)cc1CNc1cc(C(N)=S)cc(C)n1. The highest BCUT2D eigenvalue weighted by molar-refractivity contribution is 7.80. The Morgan fingerprint density at radius 2 is 2.20 bits per heavy atom. The maximum Gasteiger partial charge on any atom is 0.127 e. The summed E-state index contributed by atoms with van der Waals surface area (Å²) >= 11 is 5.01. The Morgan fingerprint density at radius 3 is 2.85 bits per heavy atom.